The van der Waals surface area contributed by atoms with Crippen LogP contribution in [0.3, 0.4) is 0 Å². The molecule has 0 saturated heterocycles. The second kappa shape index (κ2) is 4.24. The van der Waals surface area contributed by atoms with Crippen LogP contribution in [-0.4, -0.2) is 12.4 Å². The van der Waals surface area contributed by atoms with E-state index in [9.17, 15) is 26.7 Å². The van der Waals surface area contributed by atoms with Gasteiger partial charge in [0, 0.05) is 12.1 Å². The number of hydrogen-bond acceptors (Lipinski definition) is 2. The first-order chi connectivity index (χ1) is 6.91. The number of ether oxygens (including phenoxy) is 1. The molecule has 2 nitrogen and oxygen atoms in total. The molecule has 82 valence electrons. The number of alkyl halides is 2. The zero-order valence-electron chi connectivity index (χ0n) is 6.94. The highest BCUT2D eigenvalue weighted by Crippen LogP contribution is 2.21. The Morgan fingerprint density at radius 2 is 1.60 bits per heavy atom. The third kappa shape index (κ3) is 2.64. The minimum Gasteiger partial charge on any atom is -0.419 e. The molecule has 15 heavy (non-hydrogen) atoms. The molecular formula is C8H3F5O2. The summed E-state index contributed by atoms with van der Waals surface area (Å²) in [7, 11) is 0. The molecule has 0 unspecified atom stereocenters. The molecular weight excluding hydrogens is 223 g/mol. The Labute approximate surface area is 80.3 Å². The van der Waals surface area contributed by atoms with E-state index in [4.69, 9.17) is 0 Å². The lowest BCUT2D eigenvalue weighted by molar-refractivity contribution is -0.146. The summed E-state index contributed by atoms with van der Waals surface area (Å²) in [5.74, 6) is -7.58. The number of hydrogen-bond donors (Lipinski definition) is 0. The molecule has 0 aromatic heterocycles. The number of esters is 1. The summed E-state index contributed by atoms with van der Waals surface area (Å²) in [5.41, 5.74) is 0. The topological polar surface area (TPSA) is 26.3 Å². The van der Waals surface area contributed by atoms with Gasteiger partial charge in [-0.25, -0.2) is 18.0 Å². The van der Waals surface area contributed by atoms with Gasteiger partial charge in [0.2, 0.25) is 0 Å². The van der Waals surface area contributed by atoms with Crippen LogP contribution in [0.15, 0.2) is 12.1 Å². The van der Waals surface area contributed by atoms with Crippen LogP contribution >= 0.6 is 0 Å². The zero-order valence-corrected chi connectivity index (χ0v) is 6.94. The molecule has 1 aromatic rings. The molecule has 0 aliphatic heterocycles. The van der Waals surface area contributed by atoms with E-state index in [1.54, 1.807) is 0 Å². The average Bonchev–Trinajstić information content (AvgIpc) is 2.13. The quantitative estimate of drug-likeness (QED) is 0.334. The fourth-order valence-electron chi connectivity index (χ4n) is 0.735. The lowest BCUT2D eigenvalue weighted by Crippen LogP contribution is -2.18. The first-order valence-corrected chi connectivity index (χ1v) is 3.56. The molecule has 7 heteroatoms. The Morgan fingerprint density at radius 1 is 1.07 bits per heavy atom. The van der Waals surface area contributed by atoms with Gasteiger partial charge in [-0.2, -0.15) is 8.78 Å². The van der Waals surface area contributed by atoms with Crippen LogP contribution in [0.25, 0.3) is 0 Å². The average molecular weight is 226 g/mol. The van der Waals surface area contributed by atoms with E-state index in [0.717, 1.165) is 0 Å². The van der Waals surface area contributed by atoms with E-state index in [1.807, 2.05) is 0 Å². The van der Waals surface area contributed by atoms with Crippen molar-refractivity contribution in [2.45, 2.75) is 6.43 Å². The maximum atomic E-state index is 12.7. The SMILES string of the molecule is O=C(Oc1cc(F)c(F)cc1F)C(F)F. The number of rotatable bonds is 2. The lowest BCUT2D eigenvalue weighted by Gasteiger charge is -2.04. The minimum absolute atomic E-state index is 0.0867. The van der Waals surface area contributed by atoms with Crippen molar-refractivity contribution in [2.75, 3.05) is 0 Å². The van der Waals surface area contributed by atoms with Crippen LogP contribution in [0, 0.1) is 17.5 Å². The van der Waals surface area contributed by atoms with Gasteiger partial charge in [0.05, 0.1) is 0 Å². The van der Waals surface area contributed by atoms with Gasteiger partial charge in [-0.15, -0.1) is 0 Å². The summed E-state index contributed by atoms with van der Waals surface area (Å²) in [5, 5.41) is 0. The van der Waals surface area contributed by atoms with Crippen LogP contribution in [-0.2, 0) is 4.79 Å². The van der Waals surface area contributed by atoms with Crippen LogP contribution in [0.5, 0.6) is 5.75 Å². The monoisotopic (exact) mass is 226 g/mol. The second-order valence-electron chi connectivity index (χ2n) is 2.42. The van der Waals surface area contributed by atoms with Gasteiger partial charge in [-0.3, -0.25) is 0 Å². The van der Waals surface area contributed by atoms with E-state index in [2.05, 4.69) is 4.74 Å². The summed E-state index contributed by atoms with van der Waals surface area (Å²) in [4.78, 5) is 10.3. The normalized spacial score (nSPS) is 10.5. The van der Waals surface area contributed by atoms with Crippen LogP contribution < -0.4 is 4.74 Å². The Hall–Kier alpha value is -1.66. The van der Waals surface area contributed by atoms with Crippen molar-refractivity contribution < 1.29 is 31.5 Å². The van der Waals surface area contributed by atoms with Crippen molar-refractivity contribution in [2.24, 2.45) is 0 Å². The van der Waals surface area contributed by atoms with E-state index < -0.39 is 35.6 Å². The van der Waals surface area contributed by atoms with Crippen molar-refractivity contribution in [3.05, 3.63) is 29.6 Å². The number of halogens is 5. The fraction of sp³-hybridized carbons (Fsp3) is 0.125. The molecule has 1 rings (SSSR count). The highest BCUT2D eigenvalue weighted by Gasteiger charge is 2.21. The molecule has 0 atom stereocenters. The van der Waals surface area contributed by atoms with Crippen molar-refractivity contribution in [3.8, 4) is 5.75 Å². The summed E-state index contributed by atoms with van der Waals surface area (Å²) in [6.07, 6.45) is -3.47. The molecule has 0 radical (unpaired) electrons. The molecule has 0 aliphatic carbocycles. The zero-order chi connectivity index (χ0) is 11.6. The fourth-order valence-corrected chi connectivity index (χ4v) is 0.735. The predicted molar refractivity (Wildman–Crippen MR) is 38.0 cm³/mol. The lowest BCUT2D eigenvalue weighted by atomic mass is 10.3. The Morgan fingerprint density at radius 3 is 2.13 bits per heavy atom. The first kappa shape index (κ1) is 11.4. The number of carbonyl (C=O) groups is 1. The minimum atomic E-state index is -3.47. The maximum Gasteiger partial charge on any atom is 0.379 e. The van der Waals surface area contributed by atoms with Crippen molar-refractivity contribution in [3.63, 3.8) is 0 Å². The highest BCUT2D eigenvalue weighted by molar-refractivity contribution is 5.75. The molecule has 0 bridgehead atoms. The van der Waals surface area contributed by atoms with Gasteiger partial charge in [-0.1, -0.05) is 0 Å². The molecule has 0 aliphatic rings. The predicted octanol–water partition coefficient (Wildman–Crippen LogP) is 2.27. The van der Waals surface area contributed by atoms with Crippen molar-refractivity contribution >= 4 is 5.97 Å². The molecule has 0 N–H and O–H groups in total. The van der Waals surface area contributed by atoms with Gasteiger partial charge in [0.1, 0.15) is 0 Å². The van der Waals surface area contributed by atoms with Crippen LogP contribution in [0.1, 0.15) is 0 Å². The van der Waals surface area contributed by atoms with Crippen molar-refractivity contribution in [1.29, 1.82) is 0 Å². The standard InChI is InChI=1S/C8H3F5O2/c9-3-1-5(11)6(2-4(3)10)15-8(14)7(12)13/h1-2,7H. The smallest absolute Gasteiger partial charge is 0.379 e. The molecule has 0 amide bonds. The Balaban J connectivity index is 2.96. The first-order valence-electron chi connectivity index (χ1n) is 3.56. The summed E-state index contributed by atoms with van der Waals surface area (Å²) in [6.45, 7) is 0. The van der Waals surface area contributed by atoms with Gasteiger partial charge in [0.15, 0.2) is 23.2 Å². The van der Waals surface area contributed by atoms with Gasteiger partial charge in [-0.05, 0) is 0 Å². The Kier molecular flexibility index (Phi) is 3.23. The van der Waals surface area contributed by atoms with Gasteiger partial charge in [0.25, 0.3) is 0 Å². The van der Waals surface area contributed by atoms with Gasteiger partial charge < -0.3 is 4.74 Å². The van der Waals surface area contributed by atoms with E-state index in [1.165, 1.54) is 0 Å². The molecule has 1 aromatic carbocycles. The van der Waals surface area contributed by atoms with E-state index >= 15 is 0 Å². The Bertz CT molecular complexity index is 391. The number of benzene rings is 1. The van der Waals surface area contributed by atoms with Gasteiger partial charge >= 0.3 is 12.4 Å². The summed E-state index contributed by atoms with van der Waals surface area (Å²) < 4.78 is 64.7. The third-order valence-corrected chi connectivity index (χ3v) is 1.36. The largest absolute Gasteiger partial charge is 0.419 e. The van der Waals surface area contributed by atoms with E-state index in [0.29, 0.717) is 0 Å². The molecule has 0 saturated carbocycles. The molecule has 0 heterocycles. The summed E-state index contributed by atoms with van der Waals surface area (Å²) in [6, 6.07) is 0.258. The maximum absolute atomic E-state index is 12.7. The summed E-state index contributed by atoms with van der Waals surface area (Å²) >= 11 is 0. The molecule has 0 fully saturated rings. The highest BCUT2D eigenvalue weighted by atomic mass is 19.3. The molecule has 0 spiro atoms. The van der Waals surface area contributed by atoms with E-state index in [-0.39, 0.29) is 12.1 Å². The van der Waals surface area contributed by atoms with Crippen molar-refractivity contribution in [1.82, 2.24) is 0 Å². The van der Waals surface area contributed by atoms with Crippen LogP contribution in [0.4, 0.5) is 22.0 Å². The third-order valence-electron chi connectivity index (χ3n) is 1.36. The van der Waals surface area contributed by atoms with Crippen LogP contribution in [0.2, 0.25) is 0 Å². The number of carbonyl (C=O) groups excluding carboxylic acids is 1. The second-order valence-corrected chi connectivity index (χ2v) is 2.42.